The largest absolute Gasteiger partial charge is 0.326 e. The van der Waals surface area contributed by atoms with Crippen molar-refractivity contribution >= 4 is 12.6 Å². The van der Waals surface area contributed by atoms with E-state index in [0.29, 0.717) is 0 Å². The Labute approximate surface area is 82.5 Å². The normalized spacial score (nSPS) is 18.8. The number of rotatable bonds is 6. The Bertz CT molecular complexity index is 112. The molecule has 0 aromatic carbocycles. The molecule has 0 saturated carbocycles. The van der Waals surface area contributed by atoms with Gasteiger partial charge in [-0.25, -0.2) is 0 Å². The Morgan fingerprint density at radius 2 is 1.92 bits per heavy atom. The predicted octanol–water partition coefficient (Wildman–Crippen LogP) is 2.99. The van der Waals surface area contributed by atoms with Crippen molar-refractivity contribution in [3.63, 3.8) is 0 Å². The van der Waals surface area contributed by atoms with Crippen LogP contribution in [0.5, 0.6) is 0 Å². The zero-order valence-corrected chi connectivity index (χ0v) is 9.53. The first-order valence-corrected chi connectivity index (χ1v) is 5.47. The smallest absolute Gasteiger partial charge is 0.0252 e. The van der Waals surface area contributed by atoms with E-state index in [4.69, 9.17) is 5.73 Å². The van der Waals surface area contributed by atoms with Gasteiger partial charge in [0.15, 0.2) is 0 Å². The summed E-state index contributed by atoms with van der Waals surface area (Å²) in [5, 5.41) is 0. The minimum Gasteiger partial charge on any atom is -0.326 e. The quantitative estimate of drug-likeness (QED) is 0.617. The zero-order chi connectivity index (χ0) is 9.61. The molecular formula is C10H23NS. The molecule has 0 aromatic heterocycles. The lowest BCUT2D eigenvalue weighted by Gasteiger charge is -2.30. The van der Waals surface area contributed by atoms with Crippen LogP contribution in [0.1, 0.15) is 52.9 Å². The third-order valence-electron chi connectivity index (χ3n) is 2.43. The maximum atomic E-state index is 6.03. The molecule has 0 fully saturated rings. The minimum absolute atomic E-state index is 0.0338. The molecule has 0 rings (SSSR count). The van der Waals surface area contributed by atoms with Crippen molar-refractivity contribution in [2.24, 2.45) is 5.73 Å². The van der Waals surface area contributed by atoms with Crippen molar-refractivity contribution in [2.45, 2.75) is 63.7 Å². The highest BCUT2D eigenvalue weighted by molar-refractivity contribution is 7.81. The molecule has 2 atom stereocenters. The molecule has 12 heavy (non-hydrogen) atoms. The van der Waals surface area contributed by atoms with Gasteiger partial charge in [0.05, 0.1) is 0 Å². The molecule has 74 valence electrons. The van der Waals surface area contributed by atoms with Crippen LogP contribution in [0.15, 0.2) is 0 Å². The fourth-order valence-corrected chi connectivity index (χ4v) is 1.63. The van der Waals surface area contributed by atoms with Gasteiger partial charge in [-0.3, -0.25) is 0 Å². The monoisotopic (exact) mass is 189 g/mol. The average molecular weight is 189 g/mol. The summed E-state index contributed by atoms with van der Waals surface area (Å²) in [7, 11) is 0. The number of nitrogens with two attached hydrogens (primary N) is 1. The Morgan fingerprint density at radius 1 is 1.33 bits per heavy atom. The van der Waals surface area contributed by atoms with Crippen molar-refractivity contribution in [3.05, 3.63) is 0 Å². The van der Waals surface area contributed by atoms with E-state index in [1.54, 1.807) is 0 Å². The van der Waals surface area contributed by atoms with E-state index < -0.39 is 0 Å². The SMILES string of the molecule is CCCCC(C)(S)C(N)CCC. The van der Waals surface area contributed by atoms with Gasteiger partial charge in [-0.05, 0) is 19.8 Å². The number of unbranched alkanes of at least 4 members (excludes halogenated alkanes) is 1. The lowest BCUT2D eigenvalue weighted by Crippen LogP contribution is -2.41. The van der Waals surface area contributed by atoms with Crippen molar-refractivity contribution in [1.29, 1.82) is 0 Å². The van der Waals surface area contributed by atoms with Gasteiger partial charge in [-0.15, -0.1) is 0 Å². The third-order valence-corrected chi connectivity index (χ3v) is 2.99. The molecule has 2 heteroatoms. The fraction of sp³-hybridized carbons (Fsp3) is 1.00. The fourth-order valence-electron chi connectivity index (χ4n) is 1.34. The molecule has 0 aliphatic heterocycles. The molecule has 2 N–H and O–H groups in total. The first kappa shape index (κ1) is 12.3. The molecule has 1 nitrogen and oxygen atoms in total. The zero-order valence-electron chi connectivity index (χ0n) is 8.64. The van der Waals surface area contributed by atoms with Crippen molar-refractivity contribution < 1.29 is 0 Å². The number of hydrogen-bond donors (Lipinski definition) is 2. The summed E-state index contributed by atoms with van der Waals surface area (Å²) in [6, 6.07) is 0.248. The molecule has 0 aliphatic carbocycles. The van der Waals surface area contributed by atoms with Gasteiger partial charge in [0.2, 0.25) is 0 Å². The topological polar surface area (TPSA) is 26.0 Å². The summed E-state index contributed by atoms with van der Waals surface area (Å²) in [4.78, 5) is 0. The molecule has 0 radical (unpaired) electrons. The molecule has 0 heterocycles. The van der Waals surface area contributed by atoms with Gasteiger partial charge in [0.25, 0.3) is 0 Å². The van der Waals surface area contributed by atoms with Crippen LogP contribution in [-0.2, 0) is 0 Å². The molecule has 0 aromatic rings. The first-order valence-electron chi connectivity index (χ1n) is 5.02. The standard InChI is InChI=1S/C10H23NS/c1-4-6-8-10(3,12)9(11)7-5-2/h9,12H,4-8,11H2,1-3H3. The van der Waals surface area contributed by atoms with Gasteiger partial charge in [-0.2, -0.15) is 12.6 Å². The Balaban J connectivity index is 3.81. The van der Waals surface area contributed by atoms with E-state index in [2.05, 4.69) is 33.4 Å². The van der Waals surface area contributed by atoms with Crippen LogP contribution < -0.4 is 5.73 Å². The van der Waals surface area contributed by atoms with Crippen LogP contribution in [0.3, 0.4) is 0 Å². The summed E-state index contributed by atoms with van der Waals surface area (Å²) in [6.07, 6.45) is 5.84. The maximum absolute atomic E-state index is 6.03. The molecule has 0 bridgehead atoms. The summed E-state index contributed by atoms with van der Waals surface area (Å²) >= 11 is 4.62. The Morgan fingerprint density at radius 3 is 2.33 bits per heavy atom. The van der Waals surface area contributed by atoms with Crippen LogP contribution in [0.4, 0.5) is 0 Å². The Hall–Kier alpha value is 0.310. The second-order valence-corrected chi connectivity index (χ2v) is 4.88. The van der Waals surface area contributed by atoms with Crippen LogP contribution in [-0.4, -0.2) is 10.8 Å². The molecule has 0 spiro atoms. The summed E-state index contributed by atoms with van der Waals surface area (Å²) in [5.41, 5.74) is 6.03. The molecule has 0 aliphatic rings. The van der Waals surface area contributed by atoms with Crippen LogP contribution in [0, 0.1) is 0 Å². The summed E-state index contributed by atoms with van der Waals surface area (Å²) < 4.78 is 0.0338. The lowest BCUT2D eigenvalue weighted by molar-refractivity contribution is 0.435. The summed E-state index contributed by atoms with van der Waals surface area (Å²) in [5.74, 6) is 0. The summed E-state index contributed by atoms with van der Waals surface area (Å²) in [6.45, 7) is 6.53. The second kappa shape index (κ2) is 5.87. The molecule has 0 saturated heterocycles. The van der Waals surface area contributed by atoms with E-state index in [0.717, 1.165) is 19.3 Å². The van der Waals surface area contributed by atoms with E-state index in [1.165, 1.54) is 12.8 Å². The lowest BCUT2D eigenvalue weighted by atomic mass is 9.92. The second-order valence-electron chi connectivity index (χ2n) is 3.86. The molecule has 2 unspecified atom stereocenters. The van der Waals surface area contributed by atoms with Crippen molar-refractivity contribution in [1.82, 2.24) is 0 Å². The van der Waals surface area contributed by atoms with Gasteiger partial charge >= 0.3 is 0 Å². The van der Waals surface area contributed by atoms with E-state index in [1.807, 2.05) is 0 Å². The number of thiol groups is 1. The van der Waals surface area contributed by atoms with E-state index in [9.17, 15) is 0 Å². The van der Waals surface area contributed by atoms with Crippen LogP contribution >= 0.6 is 12.6 Å². The molecular weight excluding hydrogens is 166 g/mol. The first-order chi connectivity index (χ1) is 5.54. The number of hydrogen-bond acceptors (Lipinski definition) is 2. The van der Waals surface area contributed by atoms with Crippen molar-refractivity contribution in [3.8, 4) is 0 Å². The van der Waals surface area contributed by atoms with E-state index in [-0.39, 0.29) is 10.8 Å². The maximum Gasteiger partial charge on any atom is 0.0252 e. The van der Waals surface area contributed by atoms with Gasteiger partial charge in [0, 0.05) is 10.8 Å². The van der Waals surface area contributed by atoms with Gasteiger partial charge < -0.3 is 5.73 Å². The highest BCUT2D eigenvalue weighted by Crippen LogP contribution is 2.26. The highest BCUT2D eigenvalue weighted by atomic mass is 32.1. The average Bonchev–Trinajstić information content (AvgIpc) is 2.01. The minimum atomic E-state index is 0.0338. The van der Waals surface area contributed by atoms with Crippen LogP contribution in [0.2, 0.25) is 0 Å². The van der Waals surface area contributed by atoms with Gasteiger partial charge in [-0.1, -0.05) is 33.1 Å². The van der Waals surface area contributed by atoms with Gasteiger partial charge in [0.1, 0.15) is 0 Å². The van der Waals surface area contributed by atoms with Crippen molar-refractivity contribution in [2.75, 3.05) is 0 Å². The van der Waals surface area contributed by atoms with Crippen LogP contribution in [0.25, 0.3) is 0 Å². The van der Waals surface area contributed by atoms with E-state index >= 15 is 0 Å². The predicted molar refractivity (Wildman–Crippen MR) is 59.8 cm³/mol. The third kappa shape index (κ3) is 4.36. The molecule has 0 amide bonds. The highest BCUT2D eigenvalue weighted by Gasteiger charge is 2.25. The Kier molecular flexibility index (Phi) is 6.02.